The summed E-state index contributed by atoms with van der Waals surface area (Å²) in [5, 5.41) is 0. The number of hydrogen-bond donors (Lipinski definition) is 0. The second-order valence-electron chi connectivity index (χ2n) is 8.99. The molecule has 0 radical (unpaired) electrons. The molecule has 1 saturated heterocycles. The molecule has 0 bridgehead atoms. The van der Waals surface area contributed by atoms with E-state index in [2.05, 4.69) is 50.8 Å². The summed E-state index contributed by atoms with van der Waals surface area (Å²) in [6.07, 6.45) is 10.9. The highest BCUT2D eigenvalue weighted by Gasteiger charge is 2.25. The smallest absolute Gasteiger partial charge is 0.149 e. The van der Waals surface area contributed by atoms with Crippen molar-refractivity contribution in [1.29, 1.82) is 0 Å². The number of ether oxygens (including phenoxy) is 2. The fourth-order valence-electron chi connectivity index (χ4n) is 4.69. The van der Waals surface area contributed by atoms with E-state index in [1.165, 1.54) is 0 Å². The van der Waals surface area contributed by atoms with Crippen LogP contribution in [0.5, 0.6) is 5.75 Å². The van der Waals surface area contributed by atoms with Gasteiger partial charge in [-0.2, -0.15) is 0 Å². The van der Waals surface area contributed by atoms with Gasteiger partial charge in [0, 0.05) is 55.5 Å². The zero-order valence-corrected chi connectivity index (χ0v) is 19.0. The van der Waals surface area contributed by atoms with E-state index in [0.29, 0.717) is 5.92 Å². The molecule has 168 valence electrons. The summed E-state index contributed by atoms with van der Waals surface area (Å²) in [6.45, 7) is 7.40. The van der Waals surface area contributed by atoms with Crippen molar-refractivity contribution in [2.24, 2.45) is 5.92 Å². The molecule has 32 heavy (non-hydrogen) atoms. The lowest BCUT2D eigenvalue weighted by molar-refractivity contribution is 0.122. The van der Waals surface area contributed by atoms with Crippen molar-refractivity contribution in [2.45, 2.75) is 52.1 Å². The molecule has 7 nitrogen and oxygen atoms in total. The van der Waals surface area contributed by atoms with Gasteiger partial charge in [0.25, 0.3) is 0 Å². The molecule has 3 aromatic rings. The largest absolute Gasteiger partial charge is 0.488 e. The topological polar surface area (TPSA) is 73.3 Å². The van der Waals surface area contributed by atoms with E-state index in [9.17, 15) is 0 Å². The third-order valence-electron chi connectivity index (χ3n) is 6.73. The summed E-state index contributed by atoms with van der Waals surface area (Å²) in [6, 6.07) is 4.25. The van der Waals surface area contributed by atoms with Crippen LogP contribution in [0.4, 0.5) is 5.69 Å². The van der Waals surface area contributed by atoms with E-state index in [-0.39, 0.29) is 6.10 Å². The Bertz CT molecular complexity index is 1080. The summed E-state index contributed by atoms with van der Waals surface area (Å²) in [7, 11) is 0. The molecule has 1 aliphatic heterocycles. The lowest BCUT2D eigenvalue weighted by atomic mass is 9.85. The van der Waals surface area contributed by atoms with Crippen molar-refractivity contribution in [2.75, 3.05) is 31.2 Å². The predicted octanol–water partition coefficient (Wildman–Crippen LogP) is 4.05. The van der Waals surface area contributed by atoms with Gasteiger partial charge in [-0.15, -0.1) is 0 Å². The van der Waals surface area contributed by atoms with Crippen molar-refractivity contribution in [3.63, 3.8) is 0 Å². The molecule has 3 heterocycles. The van der Waals surface area contributed by atoms with Crippen LogP contribution >= 0.6 is 0 Å². The number of aryl methyl sites for hydroxylation is 2. The number of rotatable bonds is 5. The zero-order chi connectivity index (χ0) is 21.9. The van der Waals surface area contributed by atoms with E-state index in [0.717, 1.165) is 98.0 Å². The van der Waals surface area contributed by atoms with Crippen LogP contribution in [-0.2, 0) is 11.2 Å². The molecular weight excluding hydrogens is 402 g/mol. The van der Waals surface area contributed by atoms with E-state index < -0.39 is 0 Å². The van der Waals surface area contributed by atoms with E-state index in [4.69, 9.17) is 9.47 Å². The van der Waals surface area contributed by atoms with Crippen LogP contribution in [0.3, 0.4) is 0 Å². The maximum atomic E-state index is 6.54. The Morgan fingerprint density at radius 1 is 1.00 bits per heavy atom. The first-order valence-corrected chi connectivity index (χ1v) is 11.7. The van der Waals surface area contributed by atoms with Crippen LogP contribution in [0, 0.1) is 19.8 Å². The number of hydrogen-bond acceptors (Lipinski definition) is 7. The molecule has 0 amide bonds. The normalized spacial score (nSPS) is 21.6. The first kappa shape index (κ1) is 21.1. The molecule has 2 fully saturated rings. The van der Waals surface area contributed by atoms with Crippen LogP contribution in [0.25, 0.3) is 11.0 Å². The third-order valence-corrected chi connectivity index (χ3v) is 6.73. The van der Waals surface area contributed by atoms with E-state index in [1.54, 1.807) is 12.4 Å². The van der Waals surface area contributed by atoms with E-state index in [1.807, 2.05) is 6.20 Å². The number of aromatic nitrogens is 4. The predicted molar refractivity (Wildman–Crippen MR) is 124 cm³/mol. The summed E-state index contributed by atoms with van der Waals surface area (Å²) in [5.41, 5.74) is 5.10. The second kappa shape index (κ2) is 9.36. The van der Waals surface area contributed by atoms with Gasteiger partial charge in [-0.3, -0.25) is 4.98 Å². The monoisotopic (exact) mass is 433 g/mol. The minimum Gasteiger partial charge on any atom is -0.488 e. The Hall–Kier alpha value is -2.80. The van der Waals surface area contributed by atoms with Crippen molar-refractivity contribution in [3.8, 4) is 5.75 Å². The lowest BCUT2D eigenvalue weighted by Gasteiger charge is -2.31. The third kappa shape index (κ3) is 4.67. The van der Waals surface area contributed by atoms with Crippen molar-refractivity contribution >= 4 is 16.7 Å². The van der Waals surface area contributed by atoms with Gasteiger partial charge in [0.05, 0.1) is 24.8 Å². The summed E-state index contributed by atoms with van der Waals surface area (Å²) >= 11 is 0. The minimum absolute atomic E-state index is 0.206. The van der Waals surface area contributed by atoms with Gasteiger partial charge in [0.15, 0.2) is 0 Å². The molecular formula is C25H31N5O2. The first-order valence-electron chi connectivity index (χ1n) is 11.7. The van der Waals surface area contributed by atoms with Crippen molar-refractivity contribution < 1.29 is 9.47 Å². The molecule has 0 unspecified atom stereocenters. The van der Waals surface area contributed by atoms with Gasteiger partial charge in [0.2, 0.25) is 0 Å². The van der Waals surface area contributed by atoms with Gasteiger partial charge in [-0.25, -0.2) is 15.0 Å². The number of benzene rings is 1. The first-order chi connectivity index (χ1) is 15.7. The molecule has 7 heteroatoms. The lowest BCUT2D eigenvalue weighted by Crippen LogP contribution is -2.36. The molecule has 1 aliphatic carbocycles. The fourth-order valence-corrected chi connectivity index (χ4v) is 4.69. The number of fused-ring (bicyclic) bond motifs is 1. The molecule has 0 N–H and O–H groups in total. The second-order valence-corrected chi connectivity index (χ2v) is 8.99. The van der Waals surface area contributed by atoms with Gasteiger partial charge in [-0.1, -0.05) is 0 Å². The number of morpholine rings is 1. The molecule has 1 saturated carbocycles. The molecule has 1 aromatic carbocycles. The molecule has 2 aromatic heterocycles. The van der Waals surface area contributed by atoms with Crippen LogP contribution in [0.15, 0.2) is 30.7 Å². The van der Waals surface area contributed by atoms with Crippen LogP contribution in [0.1, 0.15) is 42.8 Å². The van der Waals surface area contributed by atoms with Crippen molar-refractivity contribution in [3.05, 3.63) is 47.8 Å². The Kier molecular flexibility index (Phi) is 6.17. The standard InChI is InChI=1S/C25H31N5O2/c1-17-16-28-24(29-18(17)2)13-19-3-5-21(6-4-19)32-23-15-20(30-9-11-31-12-10-30)14-22-25(23)27-8-7-26-22/h7-8,14-16,19,21H,3-6,9-13H2,1-2H3. The highest BCUT2D eigenvalue weighted by Crippen LogP contribution is 2.34. The highest BCUT2D eigenvalue weighted by molar-refractivity contribution is 5.85. The molecule has 2 aliphatic rings. The maximum Gasteiger partial charge on any atom is 0.149 e. The Labute approximate surface area is 189 Å². The van der Waals surface area contributed by atoms with Crippen LogP contribution in [0.2, 0.25) is 0 Å². The molecule has 5 rings (SSSR count). The Balaban J connectivity index is 1.27. The number of nitrogens with zero attached hydrogens (tertiary/aromatic N) is 5. The molecule has 0 spiro atoms. The minimum atomic E-state index is 0.206. The van der Waals surface area contributed by atoms with Crippen LogP contribution < -0.4 is 9.64 Å². The summed E-state index contributed by atoms with van der Waals surface area (Å²) in [5.74, 6) is 2.43. The fraction of sp³-hybridized carbons (Fsp3) is 0.520. The zero-order valence-electron chi connectivity index (χ0n) is 19.0. The van der Waals surface area contributed by atoms with E-state index >= 15 is 0 Å². The van der Waals surface area contributed by atoms with Crippen LogP contribution in [-0.4, -0.2) is 52.3 Å². The Morgan fingerprint density at radius 2 is 1.78 bits per heavy atom. The van der Waals surface area contributed by atoms with Gasteiger partial charge in [-0.05, 0) is 57.1 Å². The summed E-state index contributed by atoms with van der Waals surface area (Å²) < 4.78 is 12.1. The Morgan fingerprint density at radius 3 is 2.56 bits per heavy atom. The molecule has 0 atom stereocenters. The van der Waals surface area contributed by atoms with Crippen molar-refractivity contribution in [1.82, 2.24) is 19.9 Å². The quantitative estimate of drug-likeness (QED) is 0.601. The average Bonchev–Trinajstić information content (AvgIpc) is 2.83. The average molecular weight is 434 g/mol. The SMILES string of the molecule is Cc1cnc(CC2CCC(Oc3cc(N4CCOCC4)cc4nccnc34)CC2)nc1C. The van der Waals surface area contributed by atoms with Gasteiger partial charge < -0.3 is 14.4 Å². The van der Waals surface area contributed by atoms with Gasteiger partial charge >= 0.3 is 0 Å². The number of anilines is 1. The van der Waals surface area contributed by atoms with Gasteiger partial charge in [0.1, 0.15) is 17.1 Å². The summed E-state index contributed by atoms with van der Waals surface area (Å²) in [4.78, 5) is 20.7. The maximum absolute atomic E-state index is 6.54. The highest BCUT2D eigenvalue weighted by atomic mass is 16.5.